The maximum absolute atomic E-state index is 12.8. The second-order valence-electron chi connectivity index (χ2n) is 6.60. The highest BCUT2D eigenvalue weighted by atomic mass is 16.2. The Hall–Kier alpha value is -1.85. The summed E-state index contributed by atoms with van der Waals surface area (Å²) in [6, 6.07) is 0. The van der Waals surface area contributed by atoms with Crippen molar-refractivity contribution in [2.45, 2.75) is 44.6 Å². The highest BCUT2D eigenvalue weighted by Gasteiger charge is 2.51. The minimum atomic E-state index is -0.583. The Morgan fingerprint density at radius 3 is 2.59 bits per heavy atom. The number of aromatic nitrogens is 2. The van der Waals surface area contributed by atoms with Crippen molar-refractivity contribution in [1.29, 1.82) is 0 Å². The molecule has 0 bridgehead atoms. The smallest absolute Gasteiger partial charge is 0.248 e. The Morgan fingerprint density at radius 1 is 1.27 bits per heavy atom. The van der Waals surface area contributed by atoms with Crippen LogP contribution in [0.4, 0.5) is 0 Å². The summed E-state index contributed by atoms with van der Waals surface area (Å²) < 4.78 is 1.73. The van der Waals surface area contributed by atoms with E-state index in [-0.39, 0.29) is 11.8 Å². The number of hydrogen-bond acceptors (Lipinski definition) is 3. The number of aryl methyl sites for hydroxylation is 2. The highest BCUT2D eigenvalue weighted by molar-refractivity contribution is 5.93. The zero-order valence-electron chi connectivity index (χ0n) is 13.6. The summed E-state index contributed by atoms with van der Waals surface area (Å²) in [6.45, 7) is 3.41. The largest absolute Gasteiger partial charge is 0.344 e. The first-order valence-electron chi connectivity index (χ1n) is 7.99. The number of piperidine rings is 1. The summed E-state index contributed by atoms with van der Waals surface area (Å²) >= 11 is 0. The fraction of sp³-hybridized carbons (Fsp3) is 0.688. The molecule has 1 aromatic heterocycles. The van der Waals surface area contributed by atoms with E-state index in [9.17, 15) is 9.59 Å². The van der Waals surface area contributed by atoms with Crippen LogP contribution >= 0.6 is 0 Å². The lowest BCUT2D eigenvalue weighted by Gasteiger charge is -2.43. The van der Waals surface area contributed by atoms with E-state index in [1.165, 1.54) is 0 Å². The van der Waals surface area contributed by atoms with Gasteiger partial charge in [-0.2, -0.15) is 5.10 Å². The highest BCUT2D eigenvalue weighted by Crippen LogP contribution is 2.38. The van der Waals surface area contributed by atoms with E-state index in [0.717, 1.165) is 43.5 Å². The average molecular weight is 304 g/mol. The molecule has 2 saturated heterocycles. The molecule has 0 N–H and O–H groups in total. The van der Waals surface area contributed by atoms with Crippen molar-refractivity contribution in [2.75, 3.05) is 20.1 Å². The third kappa shape index (κ3) is 2.30. The third-order valence-corrected chi connectivity index (χ3v) is 5.08. The molecular weight excluding hydrogens is 280 g/mol. The number of likely N-dealkylation sites (N-methyl/N-ethyl adjacent to an activating group) is 1. The Bertz CT molecular complexity index is 609. The topological polar surface area (TPSA) is 58.4 Å². The van der Waals surface area contributed by atoms with Gasteiger partial charge in [-0.15, -0.1) is 0 Å². The van der Waals surface area contributed by atoms with Crippen LogP contribution in [-0.2, 0) is 23.1 Å². The molecule has 120 valence electrons. The first-order chi connectivity index (χ1) is 10.4. The number of likely N-dealkylation sites (tertiary alicyclic amines) is 2. The molecule has 2 amide bonds. The van der Waals surface area contributed by atoms with Gasteiger partial charge in [0, 0.05) is 38.9 Å². The van der Waals surface area contributed by atoms with Crippen LogP contribution in [0.25, 0.3) is 0 Å². The summed E-state index contributed by atoms with van der Waals surface area (Å²) in [4.78, 5) is 29.2. The molecule has 6 heteroatoms. The van der Waals surface area contributed by atoms with E-state index in [1.54, 1.807) is 9.58 Å². The lowest BCUT2D eigenvalue weighted by molar-refractivity contribution is -0.153. The van der Waals surface area contributed by atoms with Gasteiger partial charge in [-0.05, 0) is 32.6 Å². The maximum Gasteiger partial charge on any atom is 0.248 e. The molecule has 1 atom stereocenters. The summed E-state index contributed by atoms with van der Waals surface area (Å²) in [5.74, 6) is 0.171. The monoisotopic (exact) mass is 304 g/mol. The number of nitrogens with zero attached hydrogens (tertiary/aromatic N) is 4. The Labute approximate surface area is 131 Å². The molecule has 3 rings (SSSR count). The summed E-state index contributed by atoms with van der Waals surface area (Å²) in [7, 11) is 3.70. The predicted octanol–water partition coefficient (Wildman–Crippen LogP) is 0.884. The Morgan fingerprint density at radius 2 is 1.95 bits per heavy atom. The van der Waals surface area contributed by atoms with E-state index in [1.807, 2.05) is 32.1 Å². The van der Waals surface area contributed by atoms with Crippen molar-refractivity contribution in [3.05, 3.63) is 17.5 Å². The van der Waals surface area contributed by atoms with Crippen molar-refractivity contribution in [2.24, 2.45) is 7.05 Å². The van der Waals surface area contributed by atoms with Gasteiger partial charge in [0.1, 0.15) is 5.54 Å². The van der Waals surface area contributed by atoms with Crippen LogP contribution < -0.4 is 0 Å². The number of amides is 2. The molecule has 0 aliphatic carbocycles. The van der Waals surface area contributed by atoms with Crippen LogP contribution in [0, 0.1) is 6.92 Å². The fourth-order valence-electron chi connectivity index (χ4n) is 3.98. The van der Waals surface area contributed by atoms with Gasteiger partial charge in [0.2, 0.25) is 11.8 Å². The molecule has 2 aliphatic heterocycles. The number of carbonyl (C=O) groups excluding carboxylic acids is 2. The van der Waals surface area contributed by atoms with E-state index in [4.69, 9.17) is 0 Å². The molecule has 0 saturated carbocycles. The molecule has 3 heterocycles. The lowest BCUT2D eigenvalue weighted by Crippen LogP contribution is -2.60. The van der Waals surface area contributed by atoms with Crippen molar-refractivity contribution >= 4 is 11.8 Å². The number of rotatable bonds is 2. The van der Waals surface area contributed by atoms with Gasteiger partial charge in [0.15, 0.2) is 0 Å². The number of hydrogen-bond donors (Lipinski definition) is 0. The zero-order valence-corrected chi connectivity index (χ0v) is 13.6. The van der Waals surface area contributed by atoms with Crippen molar-refractivity contribution < 1.29 is 9.59 Å². The summed E-state index contributed by atoms with van der Waals surface area (Å²) in [5, 5.41) is 4.29. The normalized spacial score (nSPS) is 25.3. The summed E-state index contributed by atoms with van der Waals surface area (Å²) in [5.41, 5.74) is 1.25. The van der Waals surface area contributed by atoms with E-state index >= 15 is 0 Å². The van der Waals surface area contributed by atoms with Gasteiger partial charge in [0.25, 0.3) is 0 Å². The van der Waals surface area contributed by atoms with Gasteiger partial charge in [-0.25, -0.2) is 0 Å². The van der Waals surface area contributed by atoms with E-state index in [0.29, 0.717) is 13.0 Å². The molecule has 0 radical (unpaired) electrons. The second-order valence-corrected chi connectivity index (χ2v) is 6.60. The van der Waals surface area contributed by atoms with Gasteiger partial charge < -0.3 is 9.80 Å². The van der Waals surface area contributed by atoms with Crippen molar-refractivity contribution in [3.8, 4) is 0 Å². The molecule has 1 spiro atoms. The minimum Gasteiger partial charge on any atom is -0.344 e. The average Bonchev–Trinajstić information content (AvgIpc) is 3.01. The van der Waals surface area contributed by atoms with Crippen LogP contribution in [0.1, 0.15) is 36.9 Å². The van der Waals surface area contributed by atoms with Crippen LogP contribution in [0.5, 0.6) is 0 Å². The zero-order chi connectivity index (χ0) is 15.9. The number of carbonyl (C=O) groups is 2. The Kier molecular flexibility index (Phi) is 3.70. The van der Waals surface area contributed by atoms with Gasteiger partial charge in [0.05, 0.1) is 12.1 Å². The van der Waals surface area contributed by atoms with E-state index < -0.39 is 5.54 Å². The van der Waals surface area contributed by atoms with Crippen molar-refractivity contribution in [3.63, 3.8) is 0 Å². The molecule has 0 aromatic carbocycles. The molecule has 1 aromatic rings. The predicted molar refractivity (Wildman–Crippen MR) is 82.2 cm³/mol. The minimum absolute atomic E-state index is 0.0530. The van der Waals surface area contributed by atoms with E-state index in [2.05, 4.69) is 5.10 Å². The quantitative estimate of drug-likeness (QED) is 0.815. The van der Waals surface area contributed by atoms with Gasteiger partial charge in [-0.1, -0.05) is 0 Å². The molecule has 22 heavy (non-hydrogen) atoms. The summed E-state index contributed by atoms with van der Waals surface area (Å²) in [6.07, 6.45) is 5.71. The Balaban J connectivity index is 1.82. The van der Waals surface area contributed by atoms with Crippen molar-refractivity contribution in [1.82, 2.24) is 19.6 Å². The van der Waals surface area contributed by atoms with Crippen LogP contribution in [0.3, 0.4) is 0 Å². The first-order valence-corrected chi connectivity index (χ1v) is 7.99. The standard InChI is InChI=1S/C16H24N4O2/c1-12-13(11-19(3)17-12)10-14(21)20-9-5-7-16(20)6-4-8-18(2)15(16)22/h11H,4-10H2,1-3H3. The third-order valence-electron chi connectivity index (χ3n) is 5.08. The van der Waals surface area contributed by atoms with Gasteiger partial charge >= 0.3 is 0 Å². The van der Waals surface area contributed by atoms with Crippen LogP contribution in [-0.4, -0.2) is 57.1 Å². The molecule has 2 fully saturated rings. The molecular formula is C16H24N4O2. The fourth-order valence-corrected chi connectivity index (χ4v) is 3.98. The SMILES string of the molecule is Cc1nn(C)cc1CC(=O)N1CCCC12CCCN(C)C2=O. The molecule has 1 unspecified atom stereocenters. The first kappa shape index (κ1) is 15.1. The van der Waals surface area contributed by atoms with Crippen LogP contribution in [0.15, 0.2) is 6.20 Å². The molecule has 6 nitrogen and oxygen atoms in total. The second kappa shape index (κ2) is 5.41. The molecule has 2 aliphatic rings. The maximum atomic E-state index is 12.8. The van der Waals surface area contributed by atoms with Gasteiger partial charge in [-0.3, -0.25) is 14.3 Å². The van der Waals surface area contributed by atoms with Crippen LogP contribution in [0.2, 0.25) is 0 Å². The lowest BCUT2D eigenvalue weighted by atomic mass is 9.85.